The molecule has 0 radical (unpaired) electrons. The maximum atomic E-state index is 10.4. The van der Waals surface area contributed by atoms with Gasteiger partial charge in [-0.15, -0.1) is 0 Å². The third kappa shape index (κ3) is 2.59. The summed E-state index contributed by atoms with van der Waals surface area (Å²) < 4.78 is 5.02. The molecule has 0 saturated carbocycles. The van der Waals surface area contributed by atoms with Crippen LogP contribution in [0.1, 0.15) is 25.0 Å². The van der Waals surface area contributed by atoms with Crippen molar-refractivity contribution in [3.05, 3.63) is 60.1 Å². The molecular formula is C15H18O2. The Morgan fingerprint density at radius 1 is 1.18 bits per heavy atom. The lowest BCUT2D eigenvalue weighted by molar-refractivity contribution is 0.0998. The number of rotatable bonds is 4. The Bertz CT molecular complexity index is 443. The predicted octanol–water partition coefficient (Wildman–Crippen LogP) is 3.16. The highest BCUT2D eigenvalue weighted by Gasteiger charge is 2.29. The van der Waals surface area contributed by atoms with Crippen molar-refractivity contribution >= 4 is 0 Å². The van der Waals surface area contributed by atoms with Crippen LogP contribution in [0.15, 0.2) is 53.3 Å². The van der Waals surface area contributed by atoms with Crippen LogP contribution in [0.4, 0.5) is 0 Å². The number of furan rings is 1. The van der Waals surface area contributed by atoms with E-state index in [-0.39, 0.29) is 5.41 Å². The van der Waals surface area contributed by atoms with Gasteiger partial charge in [0.1, 0.15) is 0 Å². The SMILES string of the molecule is CC(C)(c1ccccc1)C(O)Cc1ccoc1. The fourth-order valence-corrected chi connectivity index (χ4v) is 1.95. The smallest absolute Gasteiger partial charge is 0.0935 e. The second kappa shape index (κ2) is 4.76. The average molecular weight is 230 g/mol. The number of hydrogen-bond donors (Lipinski definition) is 1. The van der Waals surface area contributed by atoms with Gasteiger partial charge in [0.25, 0.3) is 0 Å². The fourth-order valence-electron chi connectivity index (χ4n) is 1.95. The summed E-state index contributed by atoms with van der Waals surface area (Å²) in [6, 6.07) is 12.0. The minimum absolute atomic E-state index is 0.265. The zero-order valence-electron chi connectivity index (χ0n) is 10.3. The van der Waals surface area contributed by atoms with E-state index in [0.717, 1.165) is 11.1 Å². The van der Waals surface area contributed by atoms with Crippen LogP contribution in [-0.4, -0.2) is 11.2 Å². The van der Waals surface area contributed by atoms with Crippen molar-refractivity contribution in [2.45, 2.75) is 31.8 Å². The first-order valence-corrected chi connectivity index (χ1v) is 5.85. The van der Waals surface area contributed by atoms with E-state index in [1.165, 1.54) is 0 Å². The first-order chi connectivity index (χ1) is 8.10. The van der Waals surface area contributed by atoms with E-state index in [9.17, 15) is 5.11 Å². The summed E-state index contributed by atoms with van der Waals surface area (Å²) in [5.74, 6) is 0. The highest BCUT2D eigenvalue weighted by atomic mass is 16.3. The third-order valence-corrected chi connectivity index (χ3v) is 3.36. The molecular weight excluding hydrogens is 212 g/mol. The summed E-state index contributed by atoms with van der Waals surface area (Å²) in [6.07, 6.45) is 3.50. The van der Waals surface area contributed by atoms with Gasteiger partial charge in [-0.1, -0.05) is 44.2 Å². The molecule has 0 amide bonds. The molecule has 1 aromatic carbocycles. The molecule has 90 valence electrons. The van der Waals surface area contributed by atoms with Gasteiger partial charge in [-0.3, -0.25) is 0 Å². The molecule has 17 heavy (non-hydrogen) atoms. The van der Waals surface area contributed by atoms with Crippen molar-refractivity contribution in [3.63, 3.8) is 0 Å². The zero-order valence-corrected chi connectivity index (χ0v) is 10.3. The zero-order chi connectivity index (χ0) is 12.3. The Labute approximate surface area is 102 Å². The van der Waals surface area contributed by atoms with Gasteiger partial charge in [0, 0.05) is 11.8 Å². The van der Waals surface area contributed by atoms with Crippen LogP contribution < -0.4 is 0 Å². The summed E-state index contributed by atoms with van der Waals surface area (Å²) in [7, 11) is 0. The van der Waals surface area contributed by atoms with Gasteiger partial charge >= 0.3 is 0 Å². The van der Waals surface area contributed by atoms with Gasteiger partial charge in [-0.05, 0) is 17.2 Å². The van der Waals surface area contributed by atoms with Crippen molar-refractivity contribution in [3.8, 4) is 0 Å². The lowest BCUT2D eigenvalue weighted by atomic mass is 9.77. The molecule has 2 heteroatoms. The van der Waals surface area contributed by atoms with Gasteiger partial charge < -0.3 is 9.52 Å². The van der Waals surface area contributed by atoms with E-state index in [0.29, 0.717) is 6.42 Å². The Balaban J connectivity index is 2.15. The summed E-state index contributed by atoms with van der Waals surface area (Å²) in [5, 5.41) is 10.4. The molecule has 0 fully saturated rings. The average Bonchev–Trinajstić information content (AvgIpc) is 2.83. The maximum Gasteiger partial charge on any atom is 0.0935 e. The second-order valence-corrected chi connectivity index (χ2v) is 4.94. The molecule has 0 saturated heterocycles. The Morgan fingerprint density at radius 2 is 1.88 bits per heavy atom. The number of aliphatic hydroxyl groups excluding tert-OH is 1. The normalized spacial score (nSPS) is 13.6. The van der Waals surface area contributed by atoms with Crippen LogP contribution >= 0.6 is 0 Å². The highest BCUT2D eigenvalue weighted by molar-refractivity contribution is 5.26. The molecule has 0 spiro atoms. The molecule has 0 bridgehead atoms. The van der Waals surface area contributed by atoms with Crippen LogP contribution in [0.3, 0.4) is 0 Å². The molecule has 0 aliphatic carbocycles. The van der Waals surface area contributed by atoms with Crippen LogP contribution in [0.25, 0.3) is 0 Å². The van der Waals surface area contributed by atoms with E-state index in [4.69, 9.17) is 4.42 Å². The fraction of sp³-hybridized carbons (Fsp3) is 0.333. The third-order valence-electron chi connectivity index (χ3n) is 3.36. The number of aliphatic hydroxyl groups is 1. The molecule has 2 nitrogen and oxygen atoms in total. The lowest BCUT2D eigenvalue weighted by Gasteiger charge is -2.31. The first kappa shape index (κ1) is 11.9. The van der Waals surface area contributed by atoms with Crippen LogP contribution in [0, 0.1) is 0 Å². The minimum Gasteiger partial charge on any atom is -0.472 e. The molecule has 1 N–H and O–H groups in total. The van der Waals surface area contributed by atoms with E-state index >= 15 is 0 Å². The molecule has 1 unspecified atom stereocenters. The van der Waals surface area contributed by atoms with Crippen molar-refractivity contribution in [2.24, 2.45) is 0 Å². The summed E-state index contributed by atoms with van der Waals surface area (Å²) in [6.45, 7) is 4.13. The van der Waals surface area contributed by atoms with Crippen LogP contribution in [0.2, 0.25) is 0 Å². The van der Waals surface area contributed by atoms with E-state index < -0.39 is 6.10 Å². The van der Waals surface area contributed by atoms with E-state index in [1.807, 2.05) is 24.3 Å². The molecule has 0 aliphatic heterocycles. The molecule has 1 heterocycles. The minimum atomic E-state index is -0.428. The summed E-state index contributed by atoms with van der Waals surface area (Å²) >= 11 is 0. The molecule has 0 aliphatic rings. The van der Waals surface area contributed by atoms with E-state index in [2.05, 4.69) is 26.0 Å². The Kier molecular flexibility index (Phi) is 3.34. The molecule has 2 rings (SSSR count). The first-order valence-electron chi connectivity index (χ1n) is 5.85. The largest absolute Gasteiger partial charge is 0.472 e. The van der Waals surface area contributed by atoms with Crippen LogP contribution in [0.5, 0.6) is 0 Å². The number of benzene rings is 1. The molecule has 2 aromatic rings. The van der Waals surface area contributed by atoms with Crippen molar-refractivity contribution in [2.75, 3.05) is 0 Å². The lowest BCUT2D eigenvalue weighted by Crippen LogP contribution is -2.35. The van der Waals surface area contributed by atoms with Crippen molar-refractivity contribution in [1.82, 2.24) is 0 Å². The summed E-state index contributed by atoms with van der Waals surface area (Å²) in [5.41, 5.74) is 1.91. The standard InChI is InChI=1S/C15H18O2/c1-15(2,13-6-4-3-5-7-13)14(16)10-12-8-9-17-11-12/h3-9,11,14,16H,10H2,1-2H3. The number of hydrogen-bond acceptors (Lipinski definition) is 2. The monoisotopic (exact) mass is 230 g/mol. The van der Waals surface area contributed by atoms with Gasteiger partial charge in [-0.2, -0.15) is 0 Å². The molecule has 1 atom stereocenters. The van der Waals surface area contributed by atoms with E-state index in [1.54, 1.807) is 12.5 Å². The molecule has 1 aromatic heterocycles. The quantitative estimate of drug-likeness (QED) is 0.875. The van der Waals surface area contributed by atoms with Crippen molar-refractivity contribution in [1.29, 1.82) is 0 Å². The maximum absolute atomic E-state index is 10.4. The predicted molar refractivity (Wildman–Crippen MR) is 67.9 cm³/mol. The Morgan fingerprint density at radius 3 is 2.47 bits per heavy atom. The van der Waals surface area contributed by atoms with Gasteiger partial charge in [0.15, 0.2) is 0 Å². The van der Waals surface area contributed by atoms with Gasteiger partial charge in [0.2, 0.25) is 0 Å². The second-order valence-electron chi connectivity index (χ2n) is 4.94. The van der Waals surface area contributed by atoms with Crippen LogP contribution in [-0.2, 0) is 11.8 Å². The Hall–Kier alpha value is -1.54. The van der Waals surface area contributed by atoms with Gasteiger partial charge in [-0.25, -0.2) is 0 Å². The summed E-state index contributed by atoms with van der Waals surface area (Å²) in [4.78, 5) is 0. The van der Waals surface area contributed by atoms with Crippen molar-refractivity contribution < 1.29 is 9.52 Å². The highest BCUT2D eigenvalue weighted by Crippen LogP contribution is 2.28. The topological polar surface area (TPSA) is 33.4 Å². The van der Waals surface area contributed by atoms with Gasteiger partial charge in [0.05, 0.1) is 18.6 Å².